The Morgan fingerprint density at radius 2 is 2.07 bits per heavy atom. The SMILES string of the molecule is COCCC(N)C(=O)N1C[C@@H](O)[C@@H](O)C1. The zero-order valence-electron chi connectivity index (χ0n) is 8.80. The van der Waals surface area contributed by atoms with E-state index in [-0.39, 0.29) is 19.0 Å². The standard InChI is InChI=1S/C9H18N2O4/c1-15-3-2-6(10)9(14)11-4-7(12)8(13)5-11/h6-8,12-13H,2-5,10H2,1H3/t6?,7-,8+. The Morgan fingerprint density at radius 1 is 1.53 bits per heavy atom. The van der Waals surface area contributed by atoms with E-state index in [9.17, 15) is 15.0 Å². The predicted molar refractivity (Wildman–Crippen MR) is 53.1 cm³/mol. The van der Waals surface area contributed by atoms with Crippen molar-refractivity contribution in [2.75, 3.05) is 26.8 Å². The molecule has 0 saturated carbocycles. The van der Waals surface area contributed by atoms with E-state index < -0.39 is 18.2 Å². The molecule has 0 aromatic carbocycles. The molecule has 0 radical (unpaired) electrons. The summed E-state index contributed by atoms with van der Waals surface area (Å²) in [7, 11) is 1.54. The molecule has 1 rings (SSSR count). The van der Waals surface area contributed by atoms with E-state index >= 15 is 0 Å². The molecule has 15 heavy (non-hydrogen) atoms. The van der Waals surface area contributed by atoms with Gasteiger partial charge in [-0.2, -0.15) is 0 Å². The van der Waals surface area contributed by atoms with E-state index in [1.807, 2.05) is 0 Å². The van der Waals surface area contributed by atoms with Gasteiger partial charge in [-0.25, -0.2) is 0 Å². The molecule has 6 heteroatoms. The molecule has 0 aliphatic carbocycles. The monoisotopic (exact) mass is 218 g/mol. The average molecular weight is 218 g/mol. The number of hydrogen-bond donors (Lipinski definition) is 3. The van der Waals surface area contributed by atoms with Crippen molar-refractivity contribution in [3.63, 3.8) is 0 Å². The third-order valence-corrected chi connectivity index (χ3v) is 2.52. The number of rotatable bonds is 4. The number of methoxy groups -OCH3 is 1. The Kier molecular flexibility index (Phi) is 4.46. The van der Waals surface area contributed by atoms with Crippen molar-refractivity contribution in [2.45, 2.75) is 24.7 Å². The largest absolute Gasteiger partial charge is 0.388 e. The van der Waals surface area contributed by atoms with Gasteiger partial charge < -0.3 is 25.6 Å². The van der Waals surface area contributed by atoms with Gasteiger partial charge in [0.15, 0.2) is 0 Å². The second-order valence-corrected chi connectivity index (χ2v) is 3.77. The summed E-state index contributed by atoms with van der Waals surface area (Å²) in [6.07, 6.45) is -1.27. The van der Waals surface area contributed by atoms with Gasteiger partial charge in [-0.05, 0) is 6.42 Å². The van der Waals surface area contributed by atoms with Crippen molar-refractivity contribution in [1.82, 2.24) is 4.90 Å². The van der Waals surface area contributed by atoms with E-state index in [0.717, 1.165) is 0 Å². The highest BCUT2D eigenvalue weighted by Crippen LogP contribution is 2.11. The molecule has 0 aromatic rings. The smallest absolute Gasteiger partial charge is 0.239 e. The minimum absolute atomic E-state index is 0.153. The van der Waals surface area contributed by atoms with E-state index in [4.69, 9.17) is 10.5 Å². The summed E-state index contributed by atoms with van der Waals surface area (Å²) in [6.45, 7) is 0.729. The van der Waals surface area contributed by atoms with Gasteiger partial charge in [0.1, 0.15) is 0 Å². The van der Waals surface area contributed by atoms with Gasteiger partial charge in [-0.15, -0.1) is 0 Å². The molecule has 1 amide bonds. The maximum atomic E-state index is 11.7. The Balaban J connectivity index is 2.40. The maximum Gasteiger partial charge on any atom is 0.239 e. The van der Waals surface area contributed by atoms with Crippen molar-refractivity contribution in [2.24, 2.45) is 5.73 Å². The Labute approximate surface area is 88.6 Å². The number of amides is 1. The van der Waals surface area contributed by atoms with Gasteiger partial charge in [-0.3, -0.25) is 4.79 Å². The molecule has 1 fully saturated rings. The minimum Gasteiger partial charge on any atom is -0.388 e. The van der Waals surface area contributed by atoms with Crippen LogP contribution in [0.25, 0.3) is 0 Å². The van der Waals surface area contributed by atoms with Crippen LogP contribution in [0.3, 0.4) is 0 Å². The number of ether oxygens (including phenoxy) is 1. The van der Waals surface area contributed by atoms with Gasteiger partial charge in [0, 0.05) is 26.8 Å². The van der Waals surface area contributed by atoms with Gasteiger partial charge in [0.05, 0.1) is 18.2 Å². The number of likely N-dealkylation sites (tertiary alicyclic amines) is 1. The van der Waals surface area contributed by atoms with Crippen LogP contribution in [0.1, 0.15) is 6.42 Å². The van der Waals surface area contributed by atoms with E-state index in [1.54, 1.807) is 7.11 Å². The zero-order valence-corrected chi connectivity index (χ0v) is 8.80. The van der Waals surface area contributed by atoms with Crippen LogP contribution in [0, 0.1) is 0 Å². The van der Waals surface area contributed by atoms with Crippen LogP contribution in [-0.2, 0) is 9.53 Å². The quantitative estimate of drug-likeness (QED) is 0.503. The van der Waals surface area contributed by atoms with Crippen LogP contribution >= 0.6 is 0 Å². The van der Waals surface area contributed by atoms with Crippen molar-refractivity contribution >= 4 is 5.91 Å². The van der Waals surface area contributed by atoms with Crippen LogP contribution in [0.2, 0.25) is 0 Å². The van der Waals surface area contributed by atoms with Crippen LogP contribution in [0.5, 0.6) is 0 Å². The molecule has 4 N–H and O–H groups in total. The number of carbonyl (C=O) groups is 1. The third kappa shape index (κ3) is 3.13. The minimum atomic E-state index is -0.858. The molecule has 1 heterocycles. The fourth-order valence-corrected chi connectivity index (χ4v) is 1.55. The number of β-amino-alcohol motifs (C(OH)–C–C–N with tert-alkyl or cyclic N) is 2. The lowest BCUT2D eigenvalue weighted by Crippen LogP contribution is -2.43. The highest BCUT2D eigenvalue weighted by atomic mass is 16.5. The van der Waals surface area contributed by atoms with Crippen LogP contribution < -0.4 is 5.73 Å². The molecular formula is C9H18N2O4. The first-order valence-corrected chi connectivity index (χ1v) is 4.95. The number of hydrogen-bond acceptors (Lipinski definition) is 5. The van der Waals surface area contributed by atoms with Crippen molar-refractivity contribution in [3.8, 4) is 0 Å². The summed E-state index contributed by atoms with van der Waals surface area (Å²) in [4.78, 5) is 13.1. The number of carbonyl (C=O) groups excluding carboxylic acids is 1. The molecule has 0 bridgehead atoms. The third-order valence-electron chi connectivity index (χ3n) is 2.52. The van der Waals surface area contributed by atoms with E-state index in [1.165, 1.54) is 4.90 Å². The summed E-state index contributed by atoms with van der Waals surface area (Å²) in [5, 5.41) is 18.5. The Morgan fingerprint density at radius 3 is 2.53 bits per heavy atom. The summed E-state index contributed by atoms with van der Waals surface area (Å²) in [6, 6.07) is -0.623. The lowest BCUT2D eigenvalue weighted by molar-refractivity contribution is -0.132. The fourth-order valence-electron chi connectivity index (χ4n) is 1.55. The van der Waals surface area contributed by atoms with Crippen molar-refractivity contribution in [3.05, 3.63) is 0 Å². The van der Waals surface area contributed by atoms with Gasteiger partial charge in [-0.1, -0.05) is 0 Å². The normalized spacial score (nSPS) is 28.1. The summed E-state index contributed by atoms with van der Waals surface area (Å²) in [5.41, 5.74) is 5.64. The van der Waals surface area contributed by atoms with E-state index in [0.29, 0.717) is 13.0 Å². The molecule has 0 spiro atoms. The topological polar surface area (TPSA) is 96.0 Å². The first-order valence-electron chi connectivity index (χ1n) is 4.95. The summed E-state index contributed by atoms with van der Waals surface area (Å²) < 4.78 is 4.82. The summed E-state index contributed by atoms with van der Waals surface area (Å²) in [5.74, 6) is -0.248. The van der Waals surface area contributed by atoms with Crippen LogP contribution in [0.15, 0.2) is 0 Å². The van der Waals surface area contributed by atoms with Gasteiger partial charge in [0.2, 0.25) is 5.91 Å². The summed E-state index contributed by atoms with van der Waals surface area (Å²) >= 11 is 0. The van der Waals surface area contributed by atoms with E-state index in [2.05, 4.69) is 0 Å². The maximum absolute atomic E-state index is 11.7. The number of aliphatic hydroxyl groups is 2. The lowest BCUT2D eigenvalue weighted by atomic mass is 10.2. The zero-order chi connectivity index (χ0) is 11.4. The Bertz CT molecular complexity index is 214. The van der Waals surface area contributed by atoms with Crippen LogP contribution in [0.4, 0.5) is 0 Å². The molecular weight excluding hydrogens is 200 g/mol. The molecule has 88 valence electrons. The molecule has 1 aliphatic heterocycles. The molecule has 6 nitrogen and oxygen atoms in total. The lowest BCUT2D eigenvalue weighted by Gasteiger charge is -2.19. The highest BCUT2D eigenvalue weighted by molar-refractivity contribution is 5.82. The second kappa shape index (κ2) is 5.41. The van der Waals surface area contributed by atoms with Crippen molar-refractivity contribution < 1.29 is 19.7 Å². The number of aliphatic hydroxyl groups excluding tert-OH is 2. The molecule has 1 saturated heterocycles. The highest BCUT2D eigenvalue weighted by Gasteiger charge is 2.34. The number of nitrogens with two attached hydrogens (primary N) is 1. The first kappa shape index (κ1) is 12.4. The van der Waals surface area contributed by atoms with Crippen molar-refractivity contribution in [1.29, 1.82) is 0 Å². The predicted octanol–water partition coefficient (Wildman–Crippen LogP) is -2.09. The second-order valence-electron chi connectivity index (χ2n) is 3.77. The molecule has 1 aliphatic rings. The van der Waals surface area contributed by atoms with Gasteiger partial charge >= 0.3 is 0 Å². The molecule has 1 unspecified atom stereocenters. The average Bonchev–Trinajstić information content (AvgIpc) is 2.54. The van der Waals surface area contributed by atoms with Crippen LogP contribution in [-0.4, -0.2) is 66.1 Å². The fraction of sp³-hybridized carbons (Fsp3) is 0.889. The van der Waals surface area contributed by atoms with Gasteiger partial charge in [0.25, 0.3) is 0 Å². The number of nitrogens with zero attached hydrogens (tertiary/aromatic N) is 1. The first-order chi connectivity index (χ1) is 7.06. The molecule has 3 atom stereocenters. The molecule has 0 aromatic heterocycles. The Hall–Kier alpha value is -0.690.